The molecule has 3 heteroatoms. The molecule has 0 saturated carbocycles. The number of piperidine rings is 1. The fraction of sp³-hybridized carbons (Fsp3) is 0.571. The smallest absolute Gasteiger partial charge is 0.118 e. The topological polar surface area (TPSA) is 24.5 Å². The van der Waals surface area contributed by atoms with Crippen LogP contribution in [0.25, 0.3) is 0 Å². The third-order valence-electron chi connectivity index (χ3n) is 3.35. The summed E-state index contributed by atoms with van der Waals surface area (Å²) >= 11 is 0. The van der Waals surface area contributed by atoms with Crippen molar-refractivity contribution in [1.29, 1.82) is 0 Å². The molecule has 17 heavy (non-hydrogen) atoms. The van der Waals surface area contributed by atoms with Crippen molar-refractivity contribution < 1.29 is 4.74 Å². The summed E-state index contributed by atoms with van der Waals surface area (Å²) < 4.78 is 5.17. The van der Waals surface area contributed by atoms with Gasteiger partial charge in [0, 0.05) is 19.1 Å². The van der Waals surface area contributed by atoms with Crippen LogP contribution >= 0.6 is 0 Å². The van der Waals surface area contributed by atoms with Crippen molar-refractivity contribution in [3.05, 3.63) is 29.8 Å². The standard InChI is InChI=1S/C14H22N2O/c1-12(15-16-10-4-3-5-11-16)13-6-8-14(17-2)9-7-13/h6-9,12,15H,3-5,10-11H2,1-2H3. The number of nitrogens with one attached hydrogen (secondary N) is 1. The van der Waals surface area contributed by atoms with E-state index in [1.54, 1.807) is 7.11 Å². The number of methoxy groups -OCH3 is 1. The van der Waals surface area contributed by atoms with E-state index in [0.717, 1.165) is 5.75 Å². The fourth-order valence-corrected chi connectivity index (χ4v) is 2.26. The summed E-state index contributed by atoms with van der Waals surface area (Å²) in [5.74, 6) is 0.916. The molecular weight excluding hydrogens is 212 g/mol. The number of benzene rings is 1. The first-order chi connectivity index (χ1) is 8.29. The molecule has 3 nitrogen and oxygen atoms in total. The SMILES string of the molecule is COc1ccc(C(C)NN2CCCCC2)cc1. The molecule has 1 aliphatic heterocycles. The van der Waals surface area contributed by atoms with E-state index in [9.17, 15) is 0 Å². The lowest BCUT2D eigenvalue weighted by atomic mass is 10.1. The van der Waals surface area contributed by atoms with E-state index in [0.29, 0.717) is 6.04 Å². The molecule has 1 atom stereocenters. The molecule has 1 aromatic carbocycles. The highest BCUT2D eigenvalue weighted by Crippen LogP contribution is 2.18. The van der Waals surface area contributed by atoms with Crippen molar-refractivity contribution in [2.45, 2.75) is 32.2 Å². The number of hydrogen-bond acceptors (Lipinski definition) is 3. The molecule has 1 saturated heterocycles. The third-order valence-corrected chi connectivity index (χ3v) is 3.35. The van der Waals surface area contributed by atoms with Crippen molar-refractivity contribution >= 4 is 0 Å². The van der Waals surface area contributed by atoms with E-state index in [1.165, 1.54) is 37.9 Å². The van der Waals surface area contributed by atoms with Gasteiger partial charge in [0.05, 0.1) is 7.11 Å². The van der Waals surface area contributed by atoms with Gasteiger partial charge in [-0.05, 0) is 37.5 Å². The van der Waals surface area contributed by atoms with E-state index in [1.807, 2.05) is 12.1 Å². The molecule has 0 aliphatic carbocycles. The molecule has 0 spiro atoms. The summed E-state index contributed by atoms with van der Waals surface area (Å²) in [6.45, 7) is 4.54. The van der Waals surface area contributed by atoms with Gasteiger partial charge < -0.3 is 4.74 Å². The molecule has 1 fully saturated rings. The van der Waals surface area contributed by atoms with Gasteiger partial charge in [0.2, 0.25) is 0 Å². The fourth-order valence-electron chi connectivity index (χ4n) is 2.26. The number of nitrogens with zero attached hydrogens (tertiary/aromatic N) is 1. The van der Waals surface area contributed by atoms with Crippen LogP contribution in [-0.2, 0) is 0 Å². The van der Waals surface area contributed by atoms with Crippen LogP contribution in [-0.4, -0.2) is 25.2 Å². The first-order valence-electron chi connectivity index (χ1n) is 6.44. The molecule has 94 valence electrons. The Hall–Kier alpha value is -1.06. The van der Waals surface area contributed by atoms with Gasteiger partial charge in [0.1, 0.15) is 5.75 Å². The Morgan fingerprint density at radius 3 is 2.35 bits per heavy atom. The minimum Gasteiger partial charge on any atom is -0.497 e. The maximum atomic E-state index is 5.17. The molecular formula is C14H22N2O. The van der Waals surface area contributed by atoms with Gasteiger partial charge in [-0.15, -0.1) is 0 Å². The largest absolute Gasteiger partial charge is 0.497 e. The predicted molar refractivity (Wildman–Crippen MR) is 70.0 cm³/mol. The van der Waals surface area contributed by atoms with Crippen molar-refractivity contribution in [1.82, 2.24) is 10.4 Å². The van der Waals surface area contributed by atoms with Gasteiger partial charge >= 0.3 is 0 Å². The highest BCUT2D eigenvalue weighted by atomic mass is 16.5. The maximum Gasteiger partial charge on any atom is 0.118 e. The van der Waals surface area contributed by atoms with Crippen molar-refractivity contribution in [2.75, 3.05) is 20.2 Å². The zero-order chi connectivity index (χ0) is 12.1. The Kier molecular flexibility index (Phi) is 4.40. The summed E-state index contributed by atoms with van der Waals surface area (Å²) in [5, 5.41) is 2.35. The predicted octanol–water partition coefficient (Wildman–Crippen LogP) is 2.75. The second-order valence-corrected chi connectivity index (χ2v) is 4.67. The van der Waals surface area contributed by atoms with E-state index in [-0.39, 0.29) is 0 Å². The van der Waals surface area contributed by atoms with Crippen LogP contribution in [0.5, 0.6) is 5.75 Å². The second kappa shape index (κ2) is 6.03. The summed E-state index contributed by atoms with van der Waals surface area (Å²) in [6, 6.07) is 8.65. The highest BCUT2D eigenvalue weighted by molar-refractivity contribution is 5.28. The number of hydrogen-bond donors (Lipinski definition) is 1. The Morgan fingerprint density at radius 2 is 1.76 bits per heavy atom. The summed E-state index contributed by atoms with van der Waals surface area (Å²) in [6.07, 6.45) is 3.99. The van der Waals surface area contributed by atoms with Crippen molar-refractivity contribution in [3.63, 3.8) is 0 Å². The van der Waals surface area contributed by atoms with Gasteiger partial charge in [-0.2, -0.15) is 0 Å². The molecule has 1 N–H and O–H groups in total. The van der Waals surface area contributed by atoms with E-state index >= 15 is 0 Å². The minimum absolute atomic E-state index is 0.360. The van der Waals surface area contributed by atoms with Crippen LogP contribution in [0.1, 0.15) is 37.8 Å². The first-order valence-corrected chi connectivity index (χ1v) is 6.44. The van der Waals surface area contributed by atoms with Crippen LogP contribution < -0.4 is 10.2 Å². The van der Waals surface area contributed by atoms with Gasteiger partial charge in [0.25, 0.3) is 0 Å². The van der Waals surface area contributed by atoms with E-state index in [2.05, 4.69) is 29.5 Å². The monoisotopic (exact) mass is 234 g/mol. The minimum atomic E-state index is 0.360. The van der Waals surface area contributed by atoms with Crippen LogP contribution in [0.4, 0.5) is 0 Å². The van der Waals surface area contributed by atoms with Gasteiger partial charge in [0.15, 0.2) is 0 Å². The van der Waals surface area contributed by atoms with Gasteiger partial charge in [-0.3, -0.25) is 0 Å². The molecule has 2 rings (SSSR count). The van der Waals surface area contributed by atoms with E-state index < -0.39 is 0 Å². The quantitative estimate of drug-likeness (QED) is 0.867. The molecule has 0 bridgehead atoms. The Bertz CT molecular complexity index is 331. The molecule has 0 aromatic heterocycles. The molecule has 1 aromatic rings. The van der Waals surface area contributed by atoms with Crippen LogP contribution in [0.2, 0.25) is 0 Å². The number of rotatable bonds is 4. The first kappa shape index (κ1) is 12.4. The average Bonchev–Trinajstić information content (AvgIpc) is 2.40. The molecule has 1 heterocycles. The van der Waals surface area contributed by atoms with Crippen molar-refractivity contribution in [2.24, 2.45) is 0 Å². The molecule has 0 radical (unpaired) electrons. The number of ether oxygens (including phenoxy) is 1. The Morgan fingerprint density at radius 1 is 1.12 bits per heavy atom. The Balaban J connectivity index is 1.91. The lowest BCUT2D eigenvalue weighted by molar-refractivity contribution is 0.133. The van der Waals surface area contributed by atoms with Crippen LogP contribution in [0.15, 0.2) is 24.3 Å². The summed E-state index contributed by atoms with van der Waals surface area (Å²) in [7, 11) is 1.70. The Labute approximate surface area is 104 Å². The van der Waals surface area contributed by atoms with Gasteiger partial charge in [-0.1, -0.05) is 18.6 Å². The molecule has 1 aliphatic rings. The molecule has 0 amide bonds. The molecule has 1 unspecified atom stereocenters. The van der Waals surface area contributed by atoms with Crippen LogP contribution in [0, 0.1) is 0 Å². The highest BCUT2D eigenvalue weighted by Gasteiger charge is 2.13. The average molecular weight is 234 g/mol. The van der Waals surface area contributed by atoms with E-state index in [4.69, 9.17) is 4.74 Å². The normalized spacial score (nSPS) is 18.9. The number of hydrazine groups is 1. The lowest BCUT2D eigenvalue weighted by Crippen LogP contribution is -2.42. The summed E-state index contributed by atoms with van der Waals surface area (Å²) in [4.78, 5) is 0. The zero-order valence-corrected chi connectivity index (χ0v) is 10.8. The zero-order valence-electron chi connectivity index (χ0n) is 10.8. The third kappa shape index (κ3) is 3.45. The lowest BCUT2D eigenvalue weighted by Gasteiger charge is -2.30. The van der Waals surface area contributed by atoms with Gasteiger partial charge in [-0.25, -0.2) is 10.4 Å². The second-order valence-electron chi connectivity index (χ2n) is 4.67. The maximum absolute atomic E-state index is 5.17. The van der Waals surface area contributed by atoms with Crippen molar-refractivity contribution in [3.8, 4) is 5.75 Å². The summed E-state index contributed by atoms with van der Waals surface area (Å²) in [5.41, 5.74) is 4.87. The van der Waals surface area contributed by atoms with Crippen LogP contribution in [0.3, 0.4) is 0 Å².